The van der Waals surface area contributed by atoms with E-state index in [0.29, 0.717) is 12.3 Å². The van der Waals surface area contributed by atoms with E-state index >= 15 is 0 Å². The summed E-state index contributed by atoms with van der Waals surface area (Å²) in [5.74, 6) is 1.39. The summed E-state index contributed by atoms with van der Waals surface area (Å²) in [5.41, 5.74) is 3.04. The first-order valence-electron chi connectivity index (χ1n) is 10.1. The Hall–Kier alpha value is -2.30. The Bertz CT molecular complexity index is 858. The summed E-state index contributed by atoms with van der Waals surface area (Å²) in [6, 6.07) is 8.28. The minimum absolute atomic E-state index is 0.1000. The van der Waals surface area contributed by atoms with Crippen molar-refractivity contribution in [1.82, 2.24) is 14.8 Å². The third-order valence-electron chi connectivity index (χ3n) is 6.08. The molecule has 0 spiro atoms. The van der Waals surface area contributed by atoms with Gasteiger partial charge in [0.05, 0.1) is 0 Å². The lowest BCUT2D eigenvalue weighted by atomic mass is 9.93. The fourth-order valence-electron chi connectivity index (χ4n) is 4.09. The second kappa shape index (κ2) is 7.37. The molecule has 2 amide bonds. The van der Waals surface area contributed by atoms with Crippen molar-refractivity contribution in [3.8, 4) is 0 Å². The standard InChI is InChI=1S/C22H29N3O2/c1-15-3-6-19-18(11-15)13-20(24(19)2)22(27)25-9-7-16(8-10-25)12-21(26)23-14-17-4-5-17/h3,6,11,13,16-17H,4-5,7-10,12,14H2,1-2H3,(H,23,26). The lowest BCUT2D eigenvalue weighted by Crippen LogP contribution is -2.40. The van der Waals surface area contributed by atoms with Gasteiger partial charge in [-0.15, -0.1) is 0 Å². The maximum atomic E-state index is 13.0. The number of fused-ring (bicyclic) bond motifs is 1. The molecule has 0 bridgehead atoms. The second-order valence-electron chi connectivity index (χ2n) is 8.34. The number of carbonyl (C=O) groups excluding carboxylic acids is 2. The lowest BCUT2D eigenvalue weighted by Gasteiger charge is -2.31. The summed E-state index contributed by atoms with van der Waals surface area (Å²) in [7, 11) is 1.96. The van der Waals surface area contributed by atoms with Crippen LogP contribution in [0.4, 0.5) is 0 Å². The van der Waals surface area contributed by atoms with Gasteiger partial charge in [0.25, 0.3) is 5.91 Å². The van der Waals surface area contributed by atoms with Gasteiger partial charge >= 0.3 is 0 Å². The molecule has 2 aliphatic rings. The summed E-state index contributed by atoms with van der Waals surface area (Å²) in [6.45, 7) is 4.39. The summed E-state index contributed by atoms with van der Waals surface area (Å²) in [6.07, 6.45) is 4.93. The van der Waals surface area contributed by atoms with E-state index in [1.807, 2.05) is 22.6 Å². The number of hydrogen-bond donors (Lipinski definition) is 1. The molecule has 1 aliphatic carbocycles. The quantitative estimate of drug-likeness (QED) is 0.882. The number of aromatic nitrogens is 1. The van der Waals surface area contributed by atoms with Crippen LogP contribution in [-0.2, 0) is 11.8 Å². The van der Waals surface area contributed by atoms with E-state index in [1.165, 1.54) is 18.4 Å². The van der Waals surface area contributed by atoms with Crippen LogP contribution >= 0.6 is 0 Å². The normalized spacial score (nSPS) is 18.1. The Morgan fingerprint density at radius 1 is 1.07 bits per heavy atom. The molecule has 1 saturated carbocycles. The predicted molar refractivity (Wildman–Crippen MR) is 107 cm³/mol. The van der Waals surface area contributed by atoms with E-state index in [-0.39, 0.29) is 11.8 Å². The Morgan fingerprint density at radius 3 is 2.52 bits per heavy atom. The highest BCUT2D eigenvalue weighted by molar-refractivity contribution is 5.99. The molecule has 2 aromatic rings. The highest BCUT2D eigenvalue weighted by Crippen LogP contribution is 2.28. The molecule has 0 unspecified atom stereocenters. The number of benzene rings is 1. The fraction of sp³-hybridized carbons (Fsp3) is 0.545. The Balaban J connectivity index is 1.34. The molecule has 2 fully saturated rings. The number of rotatable bonds is 5. The number of piperidine rings is 1. The topological polar surface area (TPSA) is 54.3 Å². The Labute approximate surface area is 160 Å². The molecule has 1 saturated heterocycles. The first-order chi connectivity index (χ1) is 13.0. The van der Waals surface area contributed by atoms with Crippen molar-refractivity contribution >= 4 is 22.7 Å². The zero-order valence-corrected chi connectivity index (χ0v) is 16.3. The zero-order valence-electron chi connectivity index (χ0n) is 16.3. The Kier molecular flexibility index (Phi) is 4.94. The summed E-state index contributed by atoms with van der Waals surface area (Å²) in [5, 5.41) is 4.17. The van der Waals surface area contributed by atoms with Gasteiger partial charge in [-0.25, -0.2) is 0 Å². The molecule has 5 nitrogen and oxygen atoms in total. The maximum absolute atomic E-state index is 13.0. The maximum Gasteiger partial charge on any atom is 0.270 e. The van der Waals surface area contributed by atoms with E-state index < -0.39 is 0 Å². The van der Waals surface area contributed by atoms with Gasteiger partial charge in [0.2, 0.25) is 5.91 Å². The van der Waals surface area contributed by atoms with Crippen LogP contribution in [0.2, 0.25) is 0 Å². The molecule has 0 atom stereocenters. The Morgan fingerprint density at radius 2 is 1.81 bits per heavy atom. The van der Waals surface area contributed by atoms with Gasteiger partial charge in [-0.05, 0) is 62.6 Å². The van der Waals surface area contributed by atoms with Gasteiger partial charge in [0.1, 0.15) is 5.69 Å². The van der Waals surface area contributed by atoms with Crippen molar-refractivity contribution in [2.75, 3.05) is 19.6 Å². The molecule has 27 heavy (non-hydrogen) atoms. The van der Waals surface area contributed by atoms with Gasteiger partial charge in [-0.3, -0.25) is 9.59 Å². The number of likely N-dealkylation sites (tertiary alicyclic amines) is 1. The first-order valence-corrected chi connectivity index (χ1v) is 10.1. The molecular weight excluding hydrogens is 338 g/mol. The minimum Gasteiger partial charge on any atom is -0.356 e. The van der Waals surface area contributed by atoms with Crippen molar-refractivity contribution in [3.05, 3.63) is 35.5 Å². The highest BCUT2D eigenvalue weighted by Gasteiger charge is 2.27. The smallest absolute Gasteiger partial charge is 0.270 e. The summed E-state index contributed by atoms with van der Waals surface area (Å²) in [4.78, 5) is 27.0. The van der Waals surface area contributed by atoms with Crippen molar-refractivity contribution < 1.29 is 9.59 Å². The van der Waals surface area contributed by atoms with E-state index in [2.05, 4.69) is 30.4 Å². The molecule has 1 aliphatic heterocycles. The second-order valence-corrected chi connectivity index (χ2v) is 8.34. The third kappa shape index (κ3) is 4.02. The summed E-state index contributed by atoms with van der Waals surface area (Å²) < 4.78 is 1.99. The lowest BCUT2D eigenvalue weighted by molar-refractivity contribution is -0.122. The molecule has 144 valence electrons. The molecule has 1 aromatic carbocycles. The van der Waals surface area contributed by atoms with Crippen molar-refractivity contribution in [1.29, 1.82) is 0 Å². The number of aryl methyl sites for hydroxylation is 2. The molecule has 4 rings (SSSR count). The molecule has 1 aromatic heterocycles. The van der Waals surface area contributed by atoms with E-state index in [4.69, 9.17) is 0 Å². The molecule has 2 heterocycles. The van der Waals surface area contributed by atoms with Crippen LogP contribution in [0.3, 0.4) is 0 Å². The van der Waals surface area contributed by atoms with Gasteiger partial charge in [0, 0.05) is 44.0 Å². The minimum atomic E-state index is 0.1000. The number of carbonyl (C=O) groups is 2. The van der Waals surface area contributed by atoms with Crippen LogP contribution in [0.5, 0.6) is 0 Å². The van der Waals surface area contributed by atoms with E-state index in [1.54, 1.807) is 0 Å². The van der Waals surface area contributed by atoms with E-state index in [0.717, 1.165) is 55.0 Å². The average Bonchev–Trinajstić information content (AvgIpc) is 3.43. The zero-order chi connectivity index (χ0) is 19.0. The molecule has 5 heteroatoms. The van der Waals surface area contributed by atoms with Crippen LogP contribution < -0.4 is 5.32 Å². The van der Waals surface area contributed by atoms with Gasteiger partial charge in [-0.1, -0.05) is 11.6 Å². The fourth-order valence-corrected chi connectivity index (χ4v) is 4.09. The van der Waals surface area contributed by atoms with Gasteiger partial charge in [-0.2, -0.15) is 0 Å². The highest BCUT2D eigenvalue weighted by atomic mass is 16.2. The average molecular weight is 367 g/mol. The molecule has 0 radical (unpaired) electrons. The van der Waals surface area contributed by atoms with Crippen molar-refractivity contribution in [3.63, 3.8) is 0 Å². The van der Waals surface area contributed by atoms with Gasteiger partial charge in [0.15, 0.2) is 0 Å². The summed E-state index contributed by atoms with van der Waals surface area (Å²) >= 11 is 0. The predicted octanol–water partition coefficient (Wildman–Crippen LogP) is 3.26. The SMILES string of the molecule is Cc1ccc2c(c1)cc(C(=O)N1CCC(CC(=O)NCC3CC3)CC1)n2C. The van der Waals surface area contributed by atoms with Crippen molar-refractivity contribution in [2.45, 2.75) is 39.0 Å². The monoisotopic (exact) mass is 367 g/mol. The van der Waals surface area contributed by atoms with Gasteiger partial charge < -0.3 is 14.8 Å². The van der Waals surface area contributed by atoms with Crippen LogP contribution in [-0.4, -0.2) is 40.9 Å². The number of amides is 2. The van der Waals surface area contributed by atoms with E-state index in [9.17, 15) is 9.59 Å². The van der Waals surface area contributed by atoms with Crippen molar-refractivity contribution in [2.24, 2.45) is 18.9 Å². The third-order valence-corrected chi connectivity index (χ3v) is 6.08. The molecule has 1 N–H and O–H groups in total. The first kappa shape index (κ1) is 18.1. The van der Waals surface area contributed by atoms with Crippen LogP contribution in [0.1, 0.15) is 48.2 Å². The van der Waals surface area contributed by atoms with Crippen LogP contribution in [0, 0.1) is 18.8 Å². The number of hydrogen-bond acceptors (Lipinski definition) is 2. The molecular formula is C22H29N3O2. The largest absolute Gasteiger partial charge is 0.356 e. The number of nitrogens with zero attached hydrogens (tertiary/aromatic N) is 2. The number of nitrogens with one attached hydrogen (secondary N) is 1. The van der Waals surface area contributed by atoms with Crippen LogP contribution in [0.15, 0.2) is 24.3 Å². The van der Waals surface area contributed by atoms with Crippen LogP contribution in [0.25, 0.3) is 10.9 Å².